The van der Waals surface area contributed by atoms with Gasteiger partial charge in [0.05, 0.1) is 5.69 Å². The molecule has 0 bridgehead atoms. The highest BCUT2D eigenvalue weighted by Gasteiger charge is 2.23. The lowest BCUT2D eigenvalue weighted by Gasteiger charge is -2.17. The smallest absolute Gasteiger partial charge is 0.186 e. The first-order chi connectivity index (χ1) is 6.68. The van der Waals surface area contributed by atoms with Crippen LogP contribution in [0.25, 0.3) is 0 Å². The van der Waals surface area contributed by atoms with E-state index in [1.165, 1.54) is 6.33 Å². The summed E-state index contributed by atoms with van der Waals surface area (Å²) in [5, 5.41) is 0. The lowest BCUT2D eigenvalue weighted by atomic mass is 10.3. The van der Waals surface area contributed by atoms with Gasteiger partial charge in [0.2, 0.25) is 0 Å². The first-order valence-electron chi connectivity index (χ1n) is 4.66. The van der Waals surface area contributed by atoms with Crippen LogP contribution in [0.5, 0.6) is 0 Å². The topological polar surface area (TPSA) is 55.0 Å². The van der Waals surface area contributed by atoms with Crippen LogP contribution in [0, 0.1) is 12.7 Å². The molecular weight excluding hydrogens is 183 g/mol. The maximum Gasteiger partial charge on any atom is 0.186 e. The number of anilines is 1. The van der Waals surface area contributed by atoms with Gasteiger partial charge < -0.3 is 10.6 Å². The highest BCUT2D eigenvalue weighted by molar-refractivity contribution is 5.42. The van der Waals surface area contributed by atoms with Gasteiger partial charge >= 0.3 is 0 Å². The summed E-state index contributed by atoms with van der Waals surface area (Å²) in [5.74, 6) is 0.0482. The zero-order valence-electron chi connectivity index (χ0n) is 8.07. The second-order valence-electron chi connectivity index (χ2n) is 3.59. The molecule has 4 nitrogen and oxygen atoms in total. The van der Waals surface area contributed by atoms with Crippen LogP contribution in [-0.4, -0.2) is 29.1 Å². The van der Waals surface area contributed by atoms with Gasteiger partial charge in [-0.15, -0.1) is 0 Å². The molecule has 2 N–H and O–H groups in total. The van der Waals surface area contributed by atoms with Gasteiger partial charge in [0.1, 0.15) is 6.33 Å². The number of nitrogens with zero attached hydrogens (tertiary/aromatic N) is 3. The second kappa shape index (κ2) is 3.49. The van der Waals surface area contributed by atoms with Crippen molar-refractivity contribution in [3.8, 4) is 0 Å². The maximum atomic E-state index is 13.6. The van der Waals surface area contributed by atoms with Gasteiger partial charge in [0.15, 0.2) is 11.6 Å². The van der Waals surface area contributed by atoms with E-state index in [0.717, 1.165) is 13.0 Å². The summed E-state index contributed by atoms with van der Waals surface area (Å²) in [5.41, 5.74) is 6.13. The quantitative estimate of drug-likeness (QED) is 0.709. The molecule has 1 saturated heterocycles. The molecule has 2 heterocycles. The first kappa shape index (κ1) is 9.33. The fourth-order valence-corrected chi connectivity index (χ4v) is 1.65. The van der Waals surface area contributed by atoms with E-state index in [0.29, 0.717) is 18.1 Å². The van der Waals surface area contributed by atoms with E-state index in [9.17, 15) is 4.39 Å². The molecule has 5 heteroatoms. The molecule has 76 valence electrons. The number of halogens is 1. The third kappa shape index (κ3) is 1.55. The minimum absolute atomic E-state index is 0.129. The van der Waals surface area contributed by atoms with Crippen LogP contribution in [0.4, 0.5) is 10.2 Å². The van der Waals surface area contributed by atoms with Gasteiger partial charge in [-0.05, 0) is 13.3 Å². The third-order valence-corrected chi connectivity index (χ3v) is 2.47. The van der Waals surface area contributed by atoms with E-state index >= 15 is 0 Å². The normalized spacial score (nSPS) is 21.6. The Hall–Kier alpha value is -1.23. The molecule has 14 heavy (non-hydrogen) atoms. The molecular formula is C9H13FN4. The molecule has 2 rings (SSSR count). The number of rotatable bonds is 1. The van der Waals surface area contributed by atoms with Crippen molar-refractivity contribution >= 4 is 5.82 Å². The molecule has 0 aromatic carbocycles. The molecule has 1 fully saturated rings. The lowest BCUT2D eigenvalue weighted by molar-refractivity contribution is 0.596. The van der Waals surface area contributed by atoms with Gasteiger partial charge in [-0.3, -0.25) is 0 Å². The maximum absolute atomic E-state index is 13.6. The highest BCUT2D eigenvalue weighted by Crippen LogP contribution is 2.21. The fourth-order valence-electron chi connectivity index (χ4n) is 1.65. The molecule has 1 aromatic heterocycles. The summed E-state index contributed by atoms with van der Waals surface area (Å²) < 4.78 is 13.6. The van der Waals surface area contributed by atoms with E-state index in [2.05, 4.69) is 9.97 Å². The number of aromatic nitrogens is 2. The Balaban J connectivity index is 2.28. The van der Waals surface area contributed by atoms with Gasteiger partial charge in [-0.25, -0.2) is 14.4 Å². The Morgan fingerprint density at radius 2 is 2.36 bits per heavy atom. The summed E-state index contributed by atoms with van der Waals surface area (Å²) in [7, 11) is 0. The number of nitrogens with two attached hydrogens (primary N) is 1. The molecule has 1 aliphatic heterocycles. The van der Waals surface area contributed by atoms with Crippen molar-refractivity contribution in [1.29, 1.82) is 0 Å². The van der Waals surface area contributed by atoms with Crippen molar-refractivity contribution in [3.63, 3.8) is 0 Å². The van der Waals surface area contributed by atoms with Gasteiger partial charge in [0, 0.05) is 19.1 Å². The molecule has 0 spiro atoms. The summed E-state index contributed by atoms with van der Waals surface area (Å²) in [6.45, 7) is 3.08. The van der Waals surface area contributed by atoms with Crippen molar-refractivity contribution in [1.82, 2.24) is 9.97 Å². The molecule has 1 aliphatic rings. The molecule has 0 saturated carbocycles. The Morgan fingerprint density at radius 1 is 1.57 bits per heavy atom. The van der Waals surface area contributed by atoms with Crippen LogP contribution in [0.3, 0.4) is 0 Å². The average Bonchev–Trinajstić information content (AvgIpc) is 2.57. The van der Waals surface area contributed by atoms with Crippen LogP contribution < -0.4 is 10.6 Å². The fraction of sp³-hybridized carbons (Fsp3) is 0.556. The Bertz CT molecular complexity index is 342. The monoisotopic (exact) mass is 196 g/mol. The standard InChI is InChI=1S/C9H13FN4/c1-6-8(10)9(13-5-12-6)14-3-2-7(11)4-14/h5,7H,2-4,11H2,1H3. The summed E-state index contributed by atoms with van der Waals surface area (Å²) in [4.78, 5) is 9.60. The van der Waals surface area contributed by atoms with Crippen molar-refractivity contribution in [3.05, 3.63) is 17.8 Å². The summed E-state index contributed by atoms with van der Waals surface area (Å²) in [6, 6.07) is 0.129. The summed E-state index contributed by atoms with van der Waals surface area (Å²) >= 11 is 0. The molecule has 1 atom stereocenters. The third-order valence-electron chi connectivity index (χ3n) is 2.47. The van der Waals surface area contributed by atoms with E-state index in [1.807, 2.05) is 4.90 Å². The minimum atomic E-state index is -0.332. The molecule has 1 unspecified atom stereocenters. The Labute approximate surface area is 82.0 Å². The zero-order valence-corrected chi connectivity index (χ0v) is 8.07. The minimum Gasteiger partial charge on any atom is -0.352 e. The van der Waals surface area contributed by atoms with Gasteiger partial charge in [-0.1, -0.05) is 0 Å². The van der Waals surface area contributed by atoms with Crippen molar-refractivity contribution < 1.29 is 4.39 Å². The number of hydrogen-bond donors (Lipinski definition) is 1. The number of aryl methyl sites for hydroxylation is 1. The molecule has 1 aromatic rings. The van der Waals surface area contributed by atoms with E-state index in [4.69, 9.17) is 5.73 Å². The van der Waals surface area contributed by atoms with Crippen LogP contribution in [0.15, 0.2) is 6.33 Å². The molecule has 0 radical (unpaired) electrons. The molecule has 0 amide bonds. The van der Waals surface area contributed by atoms with Crippen molar-refractivity contribution in [2.75, 3.05) is 18.0 Å². The SMILES string of the molecule is Cc1ncnc(N2CCC(N)C2)c1F. The summed E-state index contributed by atoms with van der Waals surface area (Å²) in [6.07, 6.45) is 2.28. The van der Waals surface area contributed by atoms with Crippen LogP contribution in [0.2, 0.25) is 0 Å². The van der Waals surface area contributed by atoms with Crippen molar-refractivity contribution in [2.24, 2.45) is 5.73 Å². The highest BCUT2D eigenvalue weighted by atomic mass is 19.1. The van der Waals surface area contributed by atoms with Crippen LogP contribution >= 0.6 is 0 Å². The van der Waals surface area contributed by atoms with E-state index < -0.39 is 0 Å². The van der Waals surface area contributed by atoms with Gasteiger partial charge in [-0.2, -0.15) is 0 Å². The van der Waals surface area contributed by atoms with Gasteiger partial charge in [0.25, 0.3) is 0 Å². The second-order valence-corrected chi connectivity index (χ2v) is 3.59. The number of hydrogen-bond acceptors (Lipinski definition) is 4. The predicted octanol–water partition coefficient (Wildman–Crippen LogP) is 0.462. The first-order valence-corrected chi connectivity index (χ1v) is 4.66. The lowest BCUT2D eigenvalue weighted by Crippen LogP contribution is -2.27. The predicted molar refractivity (Wildman–Crippen MR) is 51.5 cm³/mol. The zero-order chi connectivity index (χ0) is 10.1. The van der Waals surface area contributed by atoms with E-state index in [1.54, 1.807) is 6.92 Å². The van der Waals surface area contributed by atoms with Crippen molar-refractivity contribution in [2.45, 2.75) is 19.4 Å². The van der Waals surface area contributed by atoms with Crippen LogP contribution in [0.1, 0.15) is 12.1 Å². The Morgan fingerprint density at radius 3 is 3.00 bits per heavy atom. The molecule has 0 aliphatic carbocycles. The van der Waals surface area contributed by atoms with E-state index in [-0.39, 0.29) is 11.9 Å². The Kier molecular flexibility index (Phi) is 2.33. The largest absolute Gasteiger partial charge is 0.352 e. The average molecular weight is 196 g/mol. The van der Waals surface area contributed by atoms with Crippen LogP contribution in [-0.2, 0) is 0 Å².